The van der Waals surface area contributed by atoms with Crippen molar-refractivity contribution >= 4 is 5.91 Å². The molecule has 1 atom stereocenters. The number of nitrogens with zero attached hydrogens (tertiary/aromatic N) is 1. The Kier molecular flexibility index (Phi) is 3.06. The van der Waals surface area contributed by atoms with Crippen LogP contribution in [0.5, 0.6) is 0 Å². The SMILES string of the molecule is NCC1CCCN(C(=O)C2CCC2)C1. The van der Waals surface area contributed by atoms with Crippen molar-refractivity contribution in [1.82, 2.24) is 4.90 Å². The number of hydrogen-bond donors (Lipinski definition) is 1. The molecule has 3 nitrogen and oxygen atoms in total. The molecule has 2 rings (SSSR count). The van der Waals surface area contributed by atoms with E-state index in [1.54, 1.807) is 0 Å². The lowest BCUT2D eigenvalue weighted by molar-refractivity contribution is -0.139. The molecule has 1 saturated heterocycles. The summed E-state index contributed by atoms with van der Waals surface area (Å²) in [5, 5.41) is 0. The maximum absolute atomic E-state index is 11.9. The predicted octanol–water partition coefficient (Wildman–Crippen LogP) is 0.984. The van der Waals surface area contributed by atoms with Gasteiger partial charge in [0.2, 0.25) is 5.91 Å². The van der Waals surface area contributed by atoms with Gasteiger partial charge in [-0.25, -0.2) is 0 Å². The van der Waals surface area contributed by atoms with E-state index in [9.17, 15) is 4.79 Å². The van der Waals surface area contributed by atoms with Crippen LogP contribution in [-0.2, 0) is 4.79 Å². The zero-order valence-electron chi connectivity index (χ0n) is 8.74. The number of rotatable bonds is 2. The van der Waals surface area contributed by atoms with Crippen LogP contribution >= 0.6 is 0 Å². The van der Waals surface area contributed by atoms with Gasteiger partial charge in [-0.1, -0.05) is 6.42 Å². The molecular formula is C11H20N2O. The lowest BCUT2D eigenvalue weighted by atomic mass is 9.83. The Labute approximate surface area is 85.6 Å². The second kappa shape index (κ2) is 4.30. The first-order valence-electron chi connectivity index (χ1n) is 5.80. The molecule has 1 aliphatic heterocycles. The summed E-state index contributed by atoms with van der Waals surface area (Å²) in [5.41, 5.74) is 5.65. The van der Waals surface area contributed by atoms with Crippen molar-refractivity contribution in [3.63, 3.8) is 0 Å². The quantitative estimate of drug-likeness (QED) is 0.715. The molecule has 3 heteroatoms. The molecular weight excluding hydrogens is 176 g/mol. The summed E-state index contributed by atoms with van der Waals surface area (Å²) in [5.74, 6) is 1.30. The van der Waals surface area contributed by atoms with Crippen LogP contribution in [0.1, 0.15) is 32.1 Å². The fraction of sp³-hybridized carbons (Fsp3) is 0.909. The van der Waals surface area contributed by atoms with Crippen molar-refractivity contribution in [3.05, 3.63) is 0 Å². The van der Waals surface area contributed by atoms with E-state index in [0.717, 1.165) is 38.9 Å². The van der Waals surface area contributed by atoms with Crippen LogP contribution < -0.4 is 5.73 Å². The summed E-state index contributed by atoms with van der Waals surface area (Å²) in [4.78, 5) is 14.0. The van der Waals surface area contributed by atoms with Gasteiger partial charge in [-0.05, 0) is 38.1 Å². The minimum absolute atomic E-state index is 0.353. The first-order chi connectivity index (χ1) is 6.81. The Balaban J connectivity index is 1.86. The second-order valence-electron chi connectivity index (χ2n) is 4.66. The topological polar surface area (TPSA) is 46.3 Å². The van der Waals surface area contributed by atoms with Gasteiger partial charge in [0.1, 0.15) is 0 Å². The third-order valence-corrected chi connectivity index (χ3v) is 3.62. The first-order valence-corrected chi connectivity index (χ1v) is 5.80. The van der Waals surface area contributed by atoms with Crippen LogP contribution in [0.4, 0.5) is 0 Å². The van der Waals surface area contributed by atoms with E-state index in [1.807, 2.05) is 4.90 Å². The van der Waals surface area contributed by atoms with Gasteiger partial charge in [-0.3, -0.25) is 4.79 Å². The van der Waals surface area contributed by atoms with Crippen molar-refractivity contribution < 1.29 is 4.79 Å². The molecule has 2 N–H and O–H groups in total. The average Bonchev–Trinajstić information content (AvgIpc) is 2.15. The van der Waals surface area contributed by atoms with Gasteiger partial charge in [-0.15, -0.1) is 0 Å². The van der Waals surface area contributed by atoms with Gasteiger partial charge in [0, 0.05) is 19.0 Å². The lowest BCUT2D eigenvalue weighted by Crippen LogP contribution is -2.45. The van der Waals surface area contributed by atoms with Gasteiger partial charge >= 0.3 is 0 Å². The number of hydrogen-bond acceptors (Lipinski definition) is 2. The highest BCUT2D eigenvalue weighted by Gasteiger charge is 2.31. The van der Waals surface area contributed by atoms with Gasteiger partial charge in [0.25, 0.3) is 0 Å². The number of nitrogens with two attached hydrogens (primary N) is 1. The van der Waals surface area contributed by atoms with Crippen molar-refractivity contribution in [2.24, 2.45) is 17.6 Å². The number of carbonyl (C=O) groups excluding carboxylic acids is 1. The predicted molar refractivity (Wildman–Crippen MR) is 55.7 cm³/mol. The number of carbonyl (C=O) groups is 1. The Morgan fingerprint density at radius 3 is 2.64 bits per heavy atom. The highest BCUT2D eigenvalue weighted by atomic mass is 16.2. The molecule has 0 spiro atoms. The molecule has 1 aliphatic carbocycles. The van der Waals surface area contributed by atoms with E-state index in [1.165, 1.54) is 12.8 Å². The number of amides is 1. The summed E-state index contributed by atoms with van der Waals surface area (Å²) < 4.78 is 0. The van der Waals surface area contributed by atoms with Crippen molar-refractivity contribution in [2.45, 2.75) is 32.1 Å². The molecule has 0 aromatic carbocycles. The fourth-order valence-corrected chi connectivity index (χ4v) is 2.37. The molecule has 1 unspecified atom stereocenters. The van der Waals surface area contributed by atoms with Crippen LogP contribution in [0, 0.1) is 11.8 Å². The molecule has 14 heavy (non-hydrogen) atoms. The summed E-state index contributed by atoms with van der Waals surface area (Å²) >= 11 is 0. The van der Waals surface area contributed by atoms with Gasteiger partial charge in [0.15, 0.2) is 0 Å². The number of piperidine rings is 1. The Bertz CT molecular complexity index is 213. The largest absolute Gasteiger partial charge is 0.342 e. The molecule has 1 saturated carbocycles. The Morgan fingerprint density at radius 1 is 1.29 bits per heavy atom. The molecule has 0 radical (unpaired) electrons. The van der Waals surface area contributed by atoms with Crippen LogP contribution in [0.25, 0.3) is 0 Å². The smallest absolute Gasteiger partial charge is 0.225 e. The summed E-state index contributed by atoms with van der Waals surface area (Å²) in [6.07, 6.45) is 5.81. The number of likely N-dealkylation sites (tertiary alicyclic amines) is 1. The zero-order chi connectivity index (χ0) is 9.97. The molecule has 1 amide bonds. The standard InChI is InChI=1S/C11H20N2O/c12-7-9-3-2-6-13(8-9)11(14)10-4-1-5-10/h9-10H,1-8,12H2. The molecule has 0 aromatic heterocycles. The van der Waals surface area contributed by atoms with Crippen LogP contribution in [0.3, 0.4) is 0 Å². The maximum atomic E-state index is 11.9. The maximum Gasteiger partial charge on any atom is 0.225 e. The third kappa shape index (κ3) is 1.92. The Morgan fingerprint density at radius 2 is 2.07 bits per heavy atom. The van der Waals surface area contributed by atoms with Crippen molar-refractivity contribution in [3.8, 4) is 0 Å². The van der Waals surface area contributed by atoms with E-state index in [-0.39, 0.29) is 0 Å². The summed E-state index contributed by atoms with van der Waals surface area (Å²) in [7, 11) is 0. The summed E-state index contributed by atoms with van der Waals surface area (Å²) in [6.45, 7) is 2.60. The molecule has 2 aliphatic rings. The minimum atomic E-state index is 0.353. The van der Waals surface area contributed by atoms with E-state index in [4.69, 9.17) is 5.73 Å². The van der Waals surface area contributed by atoms with Gasteiger partial charge in [-0.2, -0.15) is 0 Å². The van der Waals surface area contributed by atoms with E-state index >= 15 is 0 Å². The highest BCUT2D eigenvalue weighted by Crippen LogP contribution is 2.29. The third-order valence-electron chi connectivity index (χ3n) is 3.62. The van der Waals surface area contributed by atoms with Gasteiger partial charge in [0.05, 0.1) is 0 Å². The molecule has 80 valence electrons. The monoisotopic (exact) mass is 196 g/mol. The highest BCUT2D eigenvalue weighted by molar-refractivity contribution is 5.79. The molecule has 1 heterocycles. The zero-order valence-corrected chi connectivity index (χ0v) is 8.74. The van der Waals surface area contributed by atoms with Crippen LogP contribution in [-0.4, -0.2) is 30.4 Å². The fourth-order valence-electron chi connectivity index (χ4n) is 2.37. The van der Waals surface area contributed by atoms with E-state index in [2.05, 4.69) is 0 Å². The van der Waals surface area contributed by atoms with E-state index in [0.29, 0.717) is 17.7 Å². The summed E-state index contributed by atoms with van der Waals surface area (Å²) in [6, 6.07) is 0. The van der Waals surface area contributed by atoms with Crippen molar-refractivity contribution in [2.75, 3.05) is 19.6 Å². The first kappa shape index (κ1) is 9.97. The molecule has 0 aromatic rings. The lowest BCUT2D eigenvalue weighted by Gasteiger charge is -2.36. The second-order valence-corrected chi connectivity index (χ2v) is 4.66. The van der Waals surface area contributed by atoms with E-state index < -0.39 is 0 Å². The minimum Gasteiger partial charge on any atom is -0.342 e. The van der Waals surface area contributed by atoms with Crippen molar-refractivity contribution in [1.29, 1.82) is 0 Å². The molecule has 2 fully saturated rings. The molecule has 0 bridgehead atoms. The average molecular weight is 196 g/mol. The normalized spacial score (nSPS) is 28.6. The van der Waals surface area contributed by atoms with Crippen LogP contribution in [0.2, 0.25) is 0 Å². The van der Waals surface area contributed by atoms with Crippen LogP contribution in [0.15, 0.2) is 0 Å². The van der Waals surface area contributed by atoms with Gasteiger partial charge < -0.3 is 10.6 Å². The Hall–Kier alpha value is -0.570.